The topological polar surface area (TPSA) is 76.4 Å². The Labute approximate surface area is 177 Å². The molecule has 1 aliphatic carbocycles. The summed E-state index contributed by atoms with van der Waals surface area (Å²) in [5, 5.41) is 4.44. The molecule has 0 atom stereocenters. The molecule has 9 heteroatoms. The summed E-state index contributed by atoms with van der Waals surface area (Å²) in [7, 11) is -3.57. The van der Waals surface area contributed by atoms with Gasteiger partial charge in [-0.3, -0.25) is 9.71 Å². The number of fused-ring (bicyclic) bond motifs is 1. The van der Waals surface area contributed by atoms with Gasteiger partial charge in [-0.25, -0.2) is 21.7 Å². The summed E-state index contributed by atoms with van der Waals surface area (Å²) >= 11 is 0. The lowest BCUT2D eigenvalue weighted by Gasteiger charge is -2.11. The minimum absolute atomic E-state index is 0.0766. The number of nitrogens with zero attached hydrogens (tertiary/aromatic N) is 3. The SMILES string of the molecule is CS(=O)(=O)Nc1cc(-c2ncc(F)cc2F)cc(-c2cnn3cc(C4CC4)ccc23)c1. The van der Waals surface area contributed by atoms with Gasteiger partial charge in [-0.05, 0) is 54.2 Å². The van der Waals surface area contributed by atoms with Gasteiger partial charge in [-0.1, -0.05) is 6.07 Å². The number of anilines is 1. The van der Waals surface area contributed by atoms with E-state index in [0.29, 0.717) is 17.0 Å². The Bertz CT molecular complexity index is 1430. The maximum Gasteiger partial charge on any atom is 0.229 e. The summed E-state index contributed by atoms with van der Waals surface area (Å²) in [4.78, 5) is 3.86. The lowest BCUT2D eigenvalue weighted by molar-refractivity contribution is 0.576. The van der Waals surface area contributed by atoms with E-state index in [0.717, 1.165) is 29.6 Å². The number of sulfonamides is 1. The summed E-state index contributed by atoms with van der Waals surface area (Å²) in [6.07, 6.45) is 7.99. The van der Waals surface area contributed by atoms with Crippen molar-refractivity contribution in [2.45, 2.75) is 18.8 Å². The number of aromatic nitrogens is 3. The molecule has 31 heavy (non-hydrogen) atoms. The van der Waals surface area contributed by atoms with E-state index in [9.17, 15) is 17.2 Å². The second-order valence-corrected chi connectivity index (χ2v) is 9.53. The standard InChI is InChI=1S/C22H18F2N4O2S/c1-31(29,30)27-18-7-15(6-16(8-18)22-20(24)9-17(23)10-25-22)19-11-26-28-12-14(13-2-3-13)4-5-21(19)28/h4-13,27H,2-3H2,1H3. The molecule has 1 aromatic carbocycles. The van der Waals surface area contributed by atoms with Crippen LogP contribution in [0, 0.1) is 11.6 Å². The third kappa shape index (κ3) is 4.00. The number of rotatable bonds is 5. The van der Waals surface area contributed by atoms with Crippen molar-refractivity contribution in [1.29, 1.82) is 0 Å². The van der Waals surface area contributed by atoms with Crippen molar-refractivity contribution >= 4 is 21.2 Å². The number of benzene rings is 1. The normalized spacial score (nSPS) is 14.2. The predicted molar refractivity (Wildman–Crippen MR) is 114 cm³/mol. The van der Waals surface area contributed by atoms with Crippen LogP contribution >= 0.6 is 0 Å². The first-order valence-electron chi connectivity index (χ1n) is 9.69. The Morgan fingerprint density at radius 2 is 1.84 bits per heavy atom. The van der Waals surface area contributed by atoms with Gasteiger partial charge in [-0.2, -0.15) is 5.10 Å². The van der Waals surface area contributed by atoms with Gasteiger partial charge >= 0.3 is 0 Å². The van der Waals surface area contributed by atoms with Crippen LogP contribution in [0.15, 0.2) is 55.0 Å². The predicted octanol–water partition coefficient (Wildman–Crippen LogP) is 4.59. The second kappa shape index (κ2) is 7.12. The molecule has 1 saturated carbocycles. The average Bonchev–Trinajstić information content (AvgIpc) is 3.45. The van der Waals surface area contributed by atoms with E-state index in [2.05, 4.69) is 20.9 Å². The van der Waals surface area contributed by atoms with Crippen molar-refractivity contribution in [3.63, 3.8) is 0 Å². The zero-order chi connectivity index (χ0) is 21.8. The third-order valence-electron chi connectivity index (χ3n) is 5.22. The highest BCUT2D eigenvalue weighted by atomic mass is 32.2. The fourth-order valence-electron chi connectivity index (χ4n) is 3.70. The van der Waals surface area contributed by atoms with Gasteiger partial charge in [0.2, 0.25) is 10.0 Å². The van der Waals surface area contributed by atoms with Crippen LogP contribution in [0.3, 0.4) is 0 Å². The summed E-state index contributed by atoms with van der Waals surface area (Å²) in [6, 6.07) is 9.58. The Morgan fingerprint density at radius 3 is 2.55 bits per heavy atom. The number of pyridine rings is 2. The first kappa shape index (κ1) is 19.6. The molecular formula is C22H18F2N4O2S. The van der Waals surface area contributed by atoms with Crippen LogP contribution in [0.5, 0.6) is 0 Å². The van der Waals surface area contributed by atoms with Crippen LogP contribution in [0.4, 0.5) is 14.5 Å². The highest BCUT2D eigenvalue weighted by Crippen LogP contribution is 2.40. The fraction of sp³-hybridized carbons (Fsp3) is 0.182. The lowest BCUT2D eigenvalue weighted by atomic mass is 10.0. The van der Waals surface area contributed by atoms with Crippen LogP contribution < -0.4 is 4.72 Å². The van der Waals surface area contributed by atoms with Gasteiger partial charge in [0, 0.05) is 29.1 Å². The molecule has 4 aromatic rings. The number of hydrogen-bond donors (Lipinski definition) is 1. The molecule has 1 N–H and O–H groups in total. The van der Waals surface area contributed by atoms with Crippen LogP contribution in [0.25, 0.3) is 27.9 Å². The van der Waals surface area contributed by atoms with Crippen LogP contribution in [0.2, 0.25) is 0 Å². The molecular weight excluding hydrogens is 422 g/mol. The lowest BCUT2D eigenvalue weighted by Crippen LogP contribution is -2.09. The molecule has 0 bridgehead atoms. The quantitative estimate of drug-likeness (QED) is 0.493. The van der Waals surface area contributed by atoms with E-state index in [1.807, 2.05) is 12.3 Å². The maximum atomic E-state index is 14.4. The summed E-state index contributed by atoms with van der Waals surface area (Å²) in [5.74, 6) is -1.05. The van der Waals surface area contributed by atoms with E-state index >= 15 is 0 Å². The largest absolute Gasteiger partial charge is 0.284 e. The van der Waals surface area contributed by atoms with E-state index in [4.69, 9.17) is 0 Å². The van der Waals surface area contributed by atoms with Crippen molar-refractivity contribution in [3.05, 3.63) is 72.2 Å². The third-order valence-corrected chi connectivity index (χ3v) is 5.82. The van der Waals surface area contributed by atoms with Crippen molar-refractivity contribution in [2.24, 2.45) is 0 Å². The maximum absolute atomic E-state index is 14.4. The summed E-state index contributed by atoms with van der Waals surface area (Å²) < 4.78 is 55.6. The second-order valence-electron chi connectivity index (χ2n) is 7.78. The first-order valence-corrected chi connectivity index (χ1v) is 11.6. The smallest absolute Gasteiger partial charge is 0.229 e. The highest BCUT2D eigenvalue weighted by Gasteiger charge is 2.24. The molecule has 0 spiro atoms. The zero-order valence-electron chi connectivity index (χ0n) is 16.5. The molecule has 0 aliphatic heterocycles. The van der Waals surface area contributed by atoms with Crippen molar-refractivity contribution in [1.82, 2.24) is 14.6 Å². The minimum Gasteiger partial charge on any atom is -0.284 e. The number of halogens is 2. The zero-order valence-corrected chi connectivity index (χ0v) is 17.3. The molecule has 1 fully saturated rings. The average molecular weight is 440 g/mol. The Kier molecular flexibility index (Phi) is 4.51. The van der Waals surface area contributed by atoms with Gasteiger partial charge in [0.15, 0.2) is 5.82 Å². The molecule has 3 heterocycles. The van der Waals surface area contributed by atoms with E-state index in [1.165, 1.54) is 24.5 Å². The van der Waals surface area contributed by atoms with E-state index in [1.54, 1.807) is 22.8 Å². The minimum atomic E-state index is -3.57. The van der Waals surface area contributed by atoms with E-state index in [-0.39, 0.29) is 11.4 Å². The molecule has 0 unspecified atom stereocenters. The van der Waals surface area contributed by atoms with Crippen molar-refractivity contribution < 1.29 is 17.2 Å². The molecule has 3 aromatic heterocycles. The molecule has 158 valence electrons. The van der Waals surface area contributed by atoms with Crippen LogP contribution in [-0.2, 0) is 10.0 Å². The molecule has 0 amide bonds. The number of nitrogens with one attached hydrogen (secondary N) is 1. The van der Waals surface area contributed by atoms with Crippen LogP contribution in [0.1, 0.15) is 24.3 Å². The van der Waals surface area contributed by atoms with E-state index < -0.39 is 21.7 Å². The summed E-state index contributed by atoms with van der Waals surface area (Å²) in [6.45, 7) is 0. The van der Waals surface area contributed by atoms with Crippen molar-refractivity contribution in [3.8, 4) is 22.4 Å². The molecule has 0 radical (unpaired) electrons. The summed E-state index contributed by atoms with van der Waals surface area (Å²) in [5.41, 5.74) is 3.93. The van der Waals surface area contributed by atoms with Crippen LogP contribution in [-0.4, -0.2) is 29.3 Å². The molecule has 5 rings (SSSR count). The van der Waals surface area contributed by atoms with Gasteiger partial charge in [0.1, 0.15) is 11.5 Å². The molecule has 1 aliphatic rings. The fourth-order valence-corrected chi connectivity index (χ4v) is 4.25. The Balaban J connectivity index is 1.67. The van der Waals surface area contributed by atoms with Gasteiger partial charge in [0.25, 0.3) is 0 Å². The van der Waals surface area contributed by atoms with Gasteiger partial charge in [-0.15, -0.1) is 0 Å². The monoisotopic (exact) mass is 440 g/mol. The highest BCUT2D eigenvalue weighted by molar-refractivity contribution is 7.92. The van der Waals surface area contributed by atoms with Gasteiger partial charge in [0.05, 0.1) is 24.2 Å². The Morgan fingerprint density at radius 1 is 1.06 bits per heavy atom. The van der Waals surface area contributed by atoms with Gasteiger partial charge < -0.3 is 0 Å². The van der Waals surface area contributed by atoms with Crippen molar-refractivity contribution in [2.75, 3.05) is 11.0 Å². The molecule has 6 nitrogen and oxygen atoms in total. The first-order chi connectivity index (χ1) is 14.8. The molecule has 0 saturated heterocycles. The number of hydrogen-bond acceptors (Lipinski definition) is 4. The Hall–Kier alpha value is -3.33.